The Labute approximate surface area is 154 Å². The molecule has 7 heteroatoms. The van der Waals surface area contributed by atoms with Crippen molar-refractivity contribution in [2.75, 3.05) is 5.32 Å². The van der Waals surface area contributed by atoms with Crippen molar-refractivity contribution in [2.45, 2.75) is 6.42 Å². The highest BCUT2D eigenvalue weighted by atomic mass is 19.1. The van der Waals surface area contributed by atoms with Gasteiger partial charge in [0.15, 0.2) is 5.82 Å². The van der Waals surface area contributed by atoms with Crippen molar-refractivity contribution < 1.29 is 9.18 Å². The molecule has 0 aliphatic carbocycles. The lowest BCUT2D eigenvalue weighted by Gasteiger charge is -2.09. The Kier molecular flexibility index (Phi) is 4.49. The number of amides is 1. The number of halogens is 1. The molecule has 0 atom stereocenters. The third-order valence-electron chi connectivity index (χ3n) is 4.05. The third-order valence-corrected chi connectivity index (χ3v) is 4.05. The molecule has 2 heterocycles. The first-order chi connectivity index (χ1) is 13.2. The first kappa shape index (κ1) is 16.7. The van der Waals surface area contributed by atoms with Crippen LogP contribution in [0.25, 0.3) is 11.4 Å². The van der Waals surface area contributed by atoms with Crippen molar-refractivity contribution in [2.24, 2.45) is 0 Å². The van der Waals surface area contributed by atoms with Crippen LogP contribution in [0.5, 0.6) is 0 Å². The fraction of sp³-hybridized carbons (Fsp3) is 0.0500. The van der Waals surface area contributed by atoms with Crippen molar-refractivity contribution in [3.8, 4) is 11.4 Å². The summed E-state index contributed by atoms with van der Waals surface area (Å²) in [5.41, 5.74) is 2.51. The minimum atomic E-state index is -0.458. The number of aromatic nitrogens is 4. The van der Waals surface area contributed by atoms with Crippen LogP contribution in [0.1, 0.15) is 5.56 Å². The predicted molar refractivity (Wildman–Crippen MR) is 99.4 cm³/mol. The van der Waals surface area contributed by atoms with E-state index in [0.717, 1.165) is 11.3 Å². The lowest BCUT2D eigenvalue weighted by molar-refractivity contribution is -0.115. The summed E-state index contributed by atoms with van der Waals surface area (Å²) >= 11 is 0. The zero-order chi connectivity index (χ0) is 18.6. The van der Waals surface area contributed by atoms with Gasteiger partial charge in [-0.3, -0.25) is 4.79 Å². The molecule has 0 aliphatic rings. The number of hydrogen-bond donors (Lipinski definition) is 1. The molecule has 0 saturated carbocycles. The average Bonchev–Trinajstić information content (AvgIpc) is 3.36. The summed E-state index contributed by atoms with van der Waals surface area (Å²) in [5, 5.41) is 10.9. The topological polar surface area (TPSA) is 64.7 Å². The SMILES string of the molecule is O=C(Cc1ccc(-n2cccn2)cc1)Nc1ccc(-n2cccn2)c(F)c1. The largest absolute Gasteiger partial charge is 0.326 e. The summed E-state index contributed by atoms with van der Waals surface area (Å²) in [6.45, 7) is 0. The number of hydrogen-bond acceptors (Lipinski definition) is 3. The number of carbonyl (C=O) groups is 1. The molecule has 0 fully saturated rings. The number of rotatable bonds is 5. The highest BCUT2D eigenvalue weighted by Gasteiger charge is 2.09. The molecule has 2 aromatic heterocycles. The van der Waals surface area contributed by atoms with Crippen LogP contribution in [0.3, 0.4) is 0 Å². The molecule has 27 heavy (non-hydrogen) atoms. The van der Waals surface area contributed by atoms with Crippen LogP contribution in [0.4, 0.5) is 10.1 Å². The first-order valence-corrected chi connectivity index (χ1v) is 8.37. The maximum atomic E-state index is 14.2. The van der Waals surface area contributed by atoms with Gasteiger partial charge in [0.2, 0.25) is 5.91 Å². The summed E-state index contributed by atoms with van der Waals surface area (Å²) in [4.78, 5) is 12.3. The van der Waals surface area contributed by atoms with Crippen LogP contribution in [-0.2, 0) is 11.2 Å². The normalized spacial score (nSPS) is 10.7. The second kappa shape index (κ2) is 7.25. The van der Waals surface area contributed by atoms with Crippen molar-refractivity contribution in [3.63, 3.8) is 0 Å². The summed E-state index contributed by atoms with van der Waals surface area (Å²) in [5.74, 6) is -0.673. The summed E-state index contributed by atoms with van der Waals surface area (Å²) in [6, 6.07) is 15.6. The zero-order valence-corrected chi connectivity index (χ0v) is 14.3. The van der Waals surface area contributed by atoms with Crippen molar-refractivity contribution in [1.29, 1.82) is 0 Å². The second-order valence-corrected chi connectivity index (χ2v) is 5.96. The lowest BCUT2D eigenvalue weighted by atomic mass is 10.1. The molecular formula is C20H16FN5O. The van der Waals surface area contributed by atoms with Crippen molar-refractivity contribution in [1.82, 2.24) is 19.6 Å². The highest BCUT2D eigenvalue weighted by molar-refractivity contribution is 5.92. The van der Waals surface area contributed by atoms with E-state index >= 15 is 0 Å². The minimum Gasteiger partial charge on any atom is -0.326 e. The van der Waals surface area contributed by atoms with Gasteiger partial charge in [-0.1, -0.05) is 12.1 Å². The van der Waals surface area contributed by atoms with E-state index < -0.39 is 5.82 Å². The van der Waals surface area contributed by atoms with Gasteiger partial charge in [0, 0.05) is 30.5 Å². The Bertz CT molecular complexity index is 1040. The van der Waals surface area contributed by atoms with Gasteiger partial charge < -0.3 is 5.32 Å². The van der Waals surface area contributed by atoms with E-state index in [-0.39, 0.29) is 12.3 Å². The average molecular weight is 361 g/mol. The smallest absolute Gasteiger partial charge is 0.228 e. The number of carbonyl (C=O) groups excluding carboxylic acids is 1. The monoisotopic (exact) mass is 361 g/mol. The quantitative estimate of drug-likeness (QED) is 0.593. The van der Waals surface area contributed by atoms with Crippen molar-refractivity contribution >= 4 is 11.6 Å². The third kappa shape index (κ3) is 3.77. The fourth-order valence-corrected chi connectivity index (χ4v) is 2.76. The van der Waals surface area contributed by atoms with Crippen LogP contribution in [0, 0.1) is 5.82 Å². The Hall–Kier alpha value is -3.74. The molecule has 6 nitrogen and oxygen atoms in total. The van der Waals surface area contributed by atoms with Crippen LogP contribution < -0.4 is 5.32 Å². The Morgan fingerprint density at radius 2 is 1.67 bits per heavy atom. The van der Waals surface area contributed by atoms with Gasteiger partial charge in [0.1, 0.15) is 5.69 Å². The molecule has 0 aliphatic heterocycles. The molecule has 134 valence electrons. The van der Waals surface area contributed by atoms with Gasteiger partial charge >= 0.3 is 0 Å². The summed E-state index contributed by atoms with van der Waals surface area (Å²) in [6.07, 6.45) is 6.99. The van der Waals surface area contributed by atoms with E-state index in [4.69, 9.17) is 0 Å². The molecule has 4 rings (SSSR count). The fourth-order valence-electron chi connectivity index (χ4n) is 2.76. The molecule has 0 radical (unpaired) electrons. The van der Waals surface area contributed by atoms with E-state index in [1.807, 2.05) is 36.5 Å². The molecular weight excluding hydrogens is 345 g/mol. The van der Waals surface area contributed by atoms with E-state index in [1.54, 1.807) is 41.5 Å². The molecule has 0 spiro atoms. The molecule has 2 aromatic carbocycles. The van der Waals surface area contributed by atoms with Gasteiger partial charge in [0.05, 0.1) is 12.1 Å². The van der Waals surface area contributed by atoms with E-state index in [2.05, 4.69) is 15.5 Å². The van der Waals surface area contributed by atoms with Crippen LogP contribution in [0.15, 0.2) is 79.4 Å². The van der Waals surface area contributed by atoms with Crippen LogP contribution in [0.2, 0.25) is 0 Å². The summed E-state index contributed by atoms with van der Waals surface area (Å²) < 4.78 is 17.4. The molecule has 1 amide bonds. The standard InChI is InChI=1S/C20H16FN5O/c21-18-14-16(5-8-19(18)26-12-2-10-23-26)24-20(27)13-15-3-6-17(7-4-15)25-11-1-9-22-25/h1-12,14H,13H2,(H,24,27). The minimum absolute atomic E-state index is 0.196. The van der Waals surface area contributed by atoms with Gasteiger partial charge in [-0.05, 0) is 48.0 Å². The zero-order valence-electron chi connectivity index (χ0n) is 14.3. The van der Waals surface area contributed by atoms with E-state index in [1.165, 1.54) is 10.7 Å². The predicted octanol–water partition coefficient (Wildman–Crippen LogP) is 3.38. The maximum absolute atomic E-state index is 14.2. The maximum Gasteiger partial charge on any atom is 0.228 e. The van der Waals surface area contributed by atoms with Crippen LogP contribution >= 0.6 is 0 Å². The van der Waals surface area contributed by atoms with Gasteiger partial charge in [0.25, 0.3) is 0 Å². The molecule has 0 bridgehead atoms. The second-order valence-electron chi connectivity index (χ2n) is 5.96. The Balaban J connectivity index is 1.41. The Morgan fingerprint density at radius 1 is 0.963 bits per heavy atom. The number of nitrogens with zero attached hydrogens (tertiary/aromatic N) is 4. The molecule has 0 saturated heterocycles. The van der Waals surface area contributed by atoms with Crippen LogP contribution in [-0.4, -0.2) is 25.5 Å². The summed E-state index contributed by atoms with van der Waals surface area (Å²) in [7, 11) is 0. The van der Waals surface area contributed by atoms with E-state index in [0.29, 0.717) is 11.4 Å². The van der Waals surface area contributed by atoms with Gasteiger partial charge in [-0.25, -0.2) is 13.8 Å². The molecule has 0 unspecified atom stereocenters. The van der Waals surface area contributed by atoms with Crippen molar-refractivity contribution in [3.05, 3.63) is 90.8 Å². The highest BCUT2D eigenvalue weighted by Crippen LogP contribution is 2.18. The number of nitrogens with one attached hydrogen (secondary N) is 1. The van der Waals surface area contributed by atoms with E-state index in [9.17, 15) is 9.18 Å². The molecule has 1 N–H and O–H groups in total. The lowest BCUT2D eigenvalue weighted by Crippen LogP contribution is -2.14. The van der Waals surface area contributed by atoms with Gasteiger partial charge in [-0.15, -0.1) is 0 Å². The Morgan fingerprint density at radius 3 is 2.30 bits per heavy atom. The first-order valence-electron chi connectivity index (χ1n) is 8.37. The molecule has 4 aromatic rings. The number of benzene rings is 2. The van der Waals surface area contributed by atoms with Gasteiger partial charge in [-0.2, -0.15) is 10.2 Å². The number of anilines is 1.